The van der Waals surface area contributed by atoms with Crippen molar-refractivity contribution in [3.8, 4) is 5.75 Å². The zero-order chi connectivity index (χ0) is 8.27. The molecule has 56 valence electrons. The predicted octanol–water partition coefficient (Wildman–Crippen LogP) is 0.468. The molecule has 0 bridgehead atoms. The van der Waals surface area contributed by atoms with E-state index in [1.54, 1.807) is 25.3 Å². The molecule has 0 heterocycles. The lowest BCUT2D eigenvalue weighted by molar-refractivity contribution is 0.108. The zero-order valence-electron chi connectivity index (χ0n) is 6.63. The molecule has 0 spiro atoms. The molecule has 0 N–H and O–H groups in total. The molecule has 0 aromatic heterocycles. The highest BCUT2D eigenvalue weighted by Gasteiger charge is 1.98. The fraction of sp³-hybridized carbons (Fsp3) is 0.125. The van der Waals surface area contributed by atoms with Crippen molar-refractivity contribution in [1.82, 2.24) is 0 Å². The number of rotatable bonds is 2. The van der Waals surface area contributed by atoms with Crippen LogP contribution in [0, 0.1) is 0 Å². The first-order chi connectivity index (χ1) is 5.24. The average Bonchev–Trinajstić information content (AvgIpc) is 2.05. The zero-order valence-corrected chi connectivity index (χ0v) is 6.63. The number of benzene rings is 1. The van der Waals surface area contributed by atoms with E-state index in [9.17, 15) is 4.79 Å². The predicted molar refractivity (Wildman–Crippen MR) is 45.9 cm³/mol. The molecule has 0 fully saturated rings. The minimum Gasteiger partial charge on any atom is -0.497 e. The number of carbonyl (C=O) groups is 1. The van der Waals surface area contributed by atoms with Crippen LogP contribution in [0.4, 0.5) is 0 Å². The first kappa shape index (κ1) is 7.86. The lowest BCUT2D eigenvalue weighted by Gasteiger charge is -1.99. The summed E-state index contributed by atoms with van der Waals surface area (Å²) in [5, 5.41) is 0. The quantitative estimate of drug-likeness (QED) is 0.569. The summed E-state index contributed by atoms with van der Waals surface area (Å²) in [4.78, 5) is 10.9. The second-order valence-corrected chi connectivity index (χ2v) is 2.29. The number of hydrogen-bond acceptors (Lipinski definition) is 2. The third kappa shape index (κ3) is 1.83. The van der Waals surface area contributed by atoms with Crippen LogP contribution in [0.3, 0.4) is 0 Å². The molecule has 0 aliphatic carbocycles. The highest BCUT2D eigenvalue weighted by atomic mass is 16.5. The van der Waals surface area contributed by atoms with Gasteiger partial charge in [-0.25, -0.2) is 0 Å². The molecule has 1 aromatic rings. The molecule has 0 atom stereocenters. The van der Waals surface area contributed by atoms with Gasteiger partial charge in [0.1, 0.15) is 11.4 Å². The van der Waals surface area contributed by atoms with Crippen LogP contribution in [0.15, 0.2) is 24.3 Å². The Labute approximate surface area is 66.6 Å². The Morgan fingerprint density at radius 2 is 2.27 bits per heavy atom. The van der Waals surface area contributed by atoms with Gasteiger partial charge in [0.05, 0.1) is 7.11 Å². The Kier molecular flexibility index (Phi) is 2.31. The maximum absolute atomic E-state index is 10.9. The Balaban J connectivity index is 3.01. The summed E-state index contributed by atoms with van der Waals surface area (Å²) in [6.45, 7) is 0. The first-order valence-corrected chi connectivity index (χ1v) is 3.39. The Hall–Kier alpha value is -1.25. The van der Waals surface area contributed by atoms with Gasteiger partial charge >= 0.3 is 0 Å². The highest BCUT2D eigenvalue weighted by molar-refractivity contribution is 6.62. The Morgan fingerprint density at radius 1 is 1.55 bits per heavy atom. The van der Waals surface area contributed by atoms with Crippen molar-refractivity contribution < 1.29 is 9.53 Å². The first-order valence-electron chi connectivity index (χ1n) is 3.39. The number of hydrogen-bond donors (Lipinski definition) is 0. The fourth-order valence-electron chi connectivity index (χ4n) is 0.842. The van der Waals surface area contributed by atoms with Gasteiger partial charge < -0.3 is 9.53 Å². The molecular weight excluding hydrogens is 139 g/mol. The summed E-state index contributed by atoms with van der Waals surface area (Å²) >= 11 is 0. The van der Waals surface area contributed by atoms with E-state index >= 15 is 0 Å². The number of ether oxygens (including phenoxy) is 1. The number of carbonyl (C=O) groups excluding carboxylic acids is 1. The molecule has 1 rings (SSSR count). The van der Waals surface area contributed by atoms with Crippen LogP contribution in [0.1, 0.15) is 10.4 Å². The van der Waals surface area contributed by atoms with Crippen molar-refractivity contribution in [1.29, 1.82) is 0 Å². The van der Waals surface area contributed by atoms with Gasteiger partial charge in [0.2, 0.25) is 0 Å². The monoisotopic (exact) mass is 148 g/mol. The lowest BCUT2D eigenvalue weighted by atomic mass is 9.95. The van der Waals surface area contributed by atoms with Crippen LogP contribution in [0.5, 0.6) is 5.75 Å². The summed E-state index contributed by atoms with van der Waals surface area (Å²) in [7, 11) is 3.12. The molecule has 1 aromatic carbocycles. The van der Waals surface area contributed by atoms with Gasteiger partial charge in [-0.2, -0.15) is 0 Å². The van der Waals surface area contributed by atoms with Gasteiger partial charge in [-0.1, -0.05) is 12.1 Å². The normalized spacial score (nSPS) is 9.18. The Morgan fingerprint density at radius 3 is 2.82 bits per heavy atom. The van der Waals surface area contributed by atoms with Gasteiger partial charge in [0.15, 0.2) is 7.85 Å². The van der Waals surface area contributed by atoms with E-state index in [4.69, 9.17) is 4.74 Å². The maximum Gasteiger partial charge on any atom is 0.193 e. The molecular formula is C8H9BO2. The summed E-state index contributed by atoms with van der Waals surface area (Å²) < 4.78 is 4.95. The van der Waals surface area contributed by atoms with Crippen molar-refractivity contribution >= 4 is 13.5 Å². The molecule has 0 amide bonds. The van der Waals surface area contributed by atoms with E-state index in [2.05, 4.69) is 0 Å². The van der Waals surface area contributed by atoms with E-state index < -0.39 is 0 Å². The van der Waals surface area contributed by atoms with E-state index in [-0.39, 0.29) is 5.68 Å². The molecule has 0 aliphatic rings. The second kappa shape index (κ2) is 3.24. The third-order valence-electron chi connectivity index (χ3n) is 1.48. The van der Waals surface area contributed by atoms with E-state index in [0.717, 1.165) is 5.75 Å². The standard InChI is InChI=1S/C8H9BO2/c1-11-7-4-2-3-6(5-7)8(9)10/h2-5H,9H2,1H3. The SMILES string of the molecule is BC(=O)c1cccc(OC)c1. The molecule has 0 saturated heterocycles. The molecule has 0 unspecified atom stereocenters. The van der Waals surface area contributed by atoms with Gasteiger partial charge in [0, 0.05) is 5.56 Å². The van der Waals surface area contributed by atoms with Crippen LogP contribution in [0.2, 0.25) is 0 Å². The average molecular weight is 148 g/mol. The molecule has 0 aliphatic heterocycles. The molecule has 11 heavy (non-hydrogen) atoms. The minimum absolute atomic E-state index is 0.0592. The van der Waals surface area contributed by atoms with Crippen molar-refractivity contribution in [2.75, 3.05) is 7.11 Å². The smallest absolute Gasteiger partial charge is 0.193 e. The summed E-state index contributed by atoms with van der Waals surface area (Å²) in [5.41, 5.74) is 0.744. The van der Waals surface area contributed by atoms with Gasteiger partial charge in [0.25, 0.3) is 0 Å². The molecule has 3 heteroatoms. The van der Waals surface area contributed by atoms with Gasteiger partial charge in [-0.15, -0.1) is 0 Å². The highest BCUT2D eigenvalue weighted by Crippen LogP contribution is 2.11. The summed E-state index contributed by atoms with van der Waals surface area (Å²) in [6, 6.07) is 7.11. The summed E-state index contributed by atoms with van der Waals surface area (Å²) in [5.74, 6) is 0.720. The van der Waals surface area contributed by atoms with Crippen LogP contribution in [0.25, 0.3) is 0 Å². The van der Waals surface area contributed by atoms with Crippen LogP contribution in [-0.2, 0) is 0 Å². The van der Waals surface area contributed by atoms with Crippen molar-refractivity contribution in [2.24, 2.45) is 0 Å². The number of methoxy groups -OCH3 is 1. The molecule has 0 saturated carbocycles. The van der Waals surface area contributed by atoms with E-state index in [0.29, 0.717) is 5.56 Å². The van der Waals surface area contributed by atoms with E-state index in [1.807, 2.05) is 6.07 Å². The van der Waals surface area contributed by atoms with Gasteiger partial charge in [-0.3, -0.25) is 0 Å². The van der Waals surface area contributed by atoms with Crippen LogP contribution in [-0.4, -0.2) is 20.6 Å². The largest absolute Gasteiger partial charge is 0.497 e. The minimum atomic E-state index is 0.0592. The fourth-order valence-corrected chi connectivity index (χ4v) is 0.842. The maximum atomic E-state index is 10.9. The molecule has 0 radical (unpaired) electrons. The Bertz CT molecular complexity index is 271. The lowest BCUT2D eigenvalue weighted by Crippen LogP contribution is -1.96. The summed E-state index contributed by atoms with van der Waals surface area (Å²) in [6.07, 6.45) is 0. The van der Waals surface area contributed by atoms with E-state index in [1.165, 1.54) is 7.85 Å². The second-order valence-electron chi connectivity index (χ2n) is 2.29. The van der Waals surface area contributed by atoms with Crippen molar-refractivity contribution in [3.63, 3.8) is 0 Å². The third-order valence-corrected chi connectivity index (χ3v) is 1.48. The van der Waals surface area contributed by atoms with Crippen LogP contribution >= 0.6 is 0 Å². The topological polar surface area (TPSA) is 26.3 Å². The van der Waals surface area contributed by atoms with Crippen LogP contribution < -0.4 is 4.74 Å². The van der Waals surface area contributed by atoms with Crippen molar-refractivity contribution in [2.45, 2.75) is 0 Å². The van der Waals surface area contributed by atoms with Crippen molar-refractivity contribution in [3.05, 3.63) is 29.8 Å². The van der Waals surface area contributed by atoms with Gasteiger partial charge in [-0.05, 0) is 12.1 Å². The molecule has 2 nitrogen and oxygen atoms in total.